The normalized spacial score (nSPS) is 18.4. The van der Waals surface area contributed by atoms with Crippen LogP contribution in [0.5, 0.6) is 0 Å². The van der Waals surface area contributed by atoms with Crippen molar-refractivity contribution in [2.24, 2.45) is 0 Å². The summed E-state index contributed by atoms with van der Waals surface area (Å²) in [4.78, 5) is 25.7. The van der Waals surface area contributed by atoms with Gasteiger partial charge in [0.05, 0.1) is 0 Å². The first kappa shape index (κ1) is 16.8. The van der Waals surface area contributed by atoms with Crippen LogP contribution >= 0.6 is 0 Å². The summed E-state index contributed by atoms with van der Waals surface area (Å²) >= 11 is 0. The van der Waals surface area contributed by atoms with Gasteiger partial charge in [-0.25, -0.2) is 9.59 Å². The van der Waals surface area contributed by atoms with Gasteiger partial charge >= 0.3 is 12.1 Å². The fourth-order valence-electron chi connectivity index (χ4n) is 2.76. The molecule has 5 nitrogen and oxygen atoms in total. The molecule has 1 aliphatic carbocycles. The molecule has 0 unspecified atom stereocenters. The van der Waals surface area contributed by atoms with Crippen molar-refractivity contribution >= 4 is 12.1 Å². The van der Waals surface area contributed by atoms with Crippen molar-refractivity contribution < 1.29 is 19.4 Å². The predicted molar refractivity (Wildman–Crippen MR) is 76.7 cm³/mol. The molecule has 20 heavy (non-hydrogen) atoms. The number of carbonyl (C=O) groups excluding carboxylic acids is 1. The highest BCUT2D eigenvalue weighted by Gasteiger charge is 2.48. The van der Waals surface area contributed by atoms with E-state index in [4.69, 9.17) is 4.74 Å². The maximum absolute atomic E-state index is 12.4. The molecule has 116 valence electrons. The molecular formula is C15H27NO4. The molecule has 0 saturated heterocycles. The molecule has 0 radical (unpaired) electrons. The van der Waals surface area contributed by atoms with E-state index in [9.17, 15) is 14.7 Å². The Kier molecular flexibility index (Phi) is 5.42. The van der Waals surface area contributed by atoms with Crippen LogP contribution in [0.1, 0.15) is 66.2 Å². The lowest BCUT2D eigenvalue weighted by Gasteiger charge is -2.43. The molecule has 5 heteroatoms. The van der Waals surface area contributed by atoms with Gasteiger partial charge in [-0.2, -0.15) is 0 Å². The lowest BCUT2D eigenvalue weighted by atomic mass is 9.80. The van der Waals surface area contributed by atoms with E-state index >= 15 is 0 Å². The van der Waals surface area contributed by atoms with Crippen LogP contribution in [-0.2, 0) is 9.53 Å². The minimum atomic E-state index is -1.09. The molecule has 1 aliphatic rings. The number of carbonyl (C=O) groups is 2. The lowest BCUT2D eigenvalue weighted by molar-refractivity contribution is -0.153. The Labute approximate surface area is 121 Å². The maximum atomic E-state index is 12.4. The van der Waals surface area contributed by atoms with Gasteiger partial charge in [0.2, 0.25) is 0 Å². The summed E-state index contributed by atoms with van der Waals surface area (Å²) in [7, 11) is 0. The second-order valence-corrected chi connectivity index (χ2v) is 6.53. The largest absolute Gasteiger partial charge is 0.479 e. The number of aliphatic carboxylic acids is 1. The molecule has 1 N–H and O–H groups in total. The summed E-state index contributed by atoms with van der Waals surface area (Å²) < 4.78 is 5.40. The SMILES string of the molecule is CCCN(C(=O)OC(C)(C)C)C1(C(=O)O)CCCCC1. The van der Waals surface area contributed by atoms with Gasteiger partial charge < -0.3 is 9.84 Å². The van der Waals surface area contributed by atoms with E-state index in [1.807, 2.05) is 6.92 Å². The lowest BCUT2D eigenvalue weighted by Crippen LogP contribution is -2.59. The zero-order valence-electron chi connectivity index (χ0n) is 13.1. The molecule has 0 aromatic rings. The first-order valence-corrected chi connectivity index (χ1v) is 7.47. The molecule has 0 atom stereocenters. The van der Waals surface area contributed by atoms with E-state index < -0.39 is 23.2 Å². The third kappa shape index (κ3) is 3.87. The maximum Gasteiger partial charge on any atom is 0.411 e. The fourth-order valence-corrected chi connectivity index (χ4v) is 2.76. The van der Waals surface area contributed by atoms with Gasteiger partial charge in [0, 0.05) is 6.54 Å². The standard InChI is InChI=1S/C15H27NO4/c1-5-11-16(13(19)20-14(2,3)4)15(12(17)18)9-7-6-8-10-15/h5-11H2,1-4H3,(H,17,18). The molecule has 0 aromatic carbocycles. The zero-order chi connectivity index (χ0) is 15.4. The van der Waals surface area contributed by atoms with Crippen molar-refractivity contribution in [3.8, 4) is 0 Å². The van der Waals surface area contributed by atoms with E-state index in [2.05, 4.69) is 0 Å². The van der Waals surface area contributed by atoms with Gasteiger partial charge in [0.15, 0.2) is 0 Å². The Morgan fingerprint density at radius 1 is 1.20 bits per heavy atom. The van der Waals surface area contributed by atoms with E-state index in [0.717, 1.165) is 19.3 Å². The average Bonchev–Trinajstić information content (AvgIpc) is 2.34. The van der Waals surface area contributed by atoms with Crippen LogP contribution in [0.3, 0.4) is 0 Å². The Morgan fingerprint density at radius 2 is 1.75 bits per heavy atom. The van der Waals surface area contributed by atoms with E-state index in [0.29, 0.717) is 25.8 Å². The molecule has 0 heterocycles. The highest BCUT2D eigenvalue weighted by molar-refractivity contribution is 5.84. The smallest absolute Gasteiger partial charge is 0.411 e. The highest BCUT2D eigenvalue weighted by Crippen LogP contribution is 2.35. The van der Waals surface area contributed by atoms with Gasteiger partial charge in [0.25, 0.3) is 0 Å². The molecule has 1 amide bonds. The average molecular weight is 285 g/mol. The Hall–Kier alpha value is -1.26. The number of nitrogens with zero attached hydrogens (tertiary/aromatic N) is 1. The van der Waals surface area contributed by atoms with Gasteiger partial charge in [-0.3, -0.25) is 4.90 Å². The quantitative estimate of drug-likeness (QED) is 0.859. The van der Waals surface area contributed by atoms with Crippen molar-refractivity contribution in [2.45, 2.75) is 77.4 Å². The van der Waals surface area contributed by atoms with Crippen molar-refractivity contribution in [1.29, 1.82) is 0 Å². The summed E-state index contributed by atoms with van der Waals surface area (Å²) in [5, 5.41) is 9.68. The van der Waals surface area contributed by atoms with Crippen molar-refractivity contribution in [2.75, 3.05) is 6.54 Å². The van der Waals surface area contributed by atoms with E-state index in [1.165, 1.54) is 4.90 Å². The first-order valence-electron chi connectivity index (χ1n) is 7.47. The zero-order valence-corrected chi connectivity index (χ0v) is 13.1. The molecule has 0 spiro atoms. The number of amides is 1. The fraction of sp³-hybridized carbons (Fsp3) is 0.867. The summed E-state index contributed by atoms with van der Waals surface area (Å²) in [6.45, 7) is 7.74. The molecule has 1 fully saturated rings. The van der Waals surface area contributed by atoms with Crippen LogP contribution in [0.2, 0.25) is 0 Å². The number of carboxylic acids is 1. The number of carboxylic acid groups (broad SMARTS) is 1. The monoisotopic (exact) mass is 285 g/mol. The van der Waals surface area contributed by atoms with Gasteiger partial charge in [0.1, 0.15) is 11.1 Å². The predicted octanol–water partition coefficient (Wildman–Crippen LogP) is 3.42. The Bertz CT molecular complexity index is 353. The topological polar surface area (TPSA) is 66.8 Å². The molecule has 1 rings (SSSR count). The molecule has 0 aromatic heterocycles. The molecular weight excluding hydrogens is 258 g/mol. The van der Waals surface area contributed by atoms with Crippen LogP contribution < -0.4 is 0 Å². The summed E-state index contributed by atoms with van der Waals surface area (Å²) in [5.74, 6) is -0.906. The van der Waals surface area contributed by atoms with Crippen LogP contribution in [-0.4, -0.2) is 39.8 Å². The van der Waals surface area contributed by atoms with Gasteiger partial charge in [-0.05, 0) is 40.0 Å². The third-order valence-corrected chi connectivity index (χ3v) is 3.66. The molecule has 0 aliphatic heterocycles. The van der Waals surface area contributed by atoms with E-state index in [-0.39, 0.29) is 0 Å². The van der Waals surface area contributed by atoms with E-state index in [1.54, 1.807) is 20.8 Å². The summed E-state index contributed by atoms with van der Waals surface area (Å²) in [6, 6.07) is 0. The number of rotatable bonds is 4. The van der Waals surface area contributed by atoms with Crippen molar-refractivity contribution in [3.63, 3.8) is 0 Å². The van der Waals surface area contributed by atoms with Crippen LogP contribution in [0.25, 0.3) is 0 Å². The van der Waals surface area contributed by atoms with Crippen molar-refractivity contribution in [1.82, 2.24) is 4.90 Å². The highest BCUT2D eigenvalue weighted by atomic mass is 16.6. The van der Waals surface area contributed by atoms with Crippen LogP contribution in [0, 0.1) is 0 Å². The number of ether oxygens (including phenoxy) is 1. The first-order chi connectivity index (χ1) is 9.23. The van der Waals surface area contributed by atoms with Crippen LogP contribution in [0.4, 0.5) is 4.79 Å². The molecule has 0 bridgehead atoms. The van der Waals surface area contributed by atoms with Gasteiger partial charge in [-0.1, -0.05) is 26.2 Å². The minimum absolute atomic E-state index is 0.418. The second-order valence-electron chi connectivity index (χ2n) is 6.53. The summed E-state index contributed by atoms with van der Waals surface area (Å²) in [5.41, 5.74) is -1.70. The third-order valence-electron chi connectivity index (χ3n) is 3.66. The molecule has 1 saturated carbocycles. The Morgan fingerprint density at radius 3 is 2.15 bits per heavy atom. The van der Waals surface area contributed by atoms with Gasteiger partial charge in [-0.15, -0.1) is 0 Å². The minimum Gasteiger partial charge on any atom is -0.479 e. The van der Waals surface area contributed by atoms with Crippen LogP contribution in [0.15, 0.2) is 0 Å². The van der Waals surface area contributed by atoms with Crippen molar-refractivity contribution in [3.05, 3.63) is 0 Å². The Balaban J connectivity index is 3.02. The second kappa shape index (κ2) is 6.46. The number of hydrogen-bond donors (Lipinski definition) is 1. The number of hydrogen-bond acceptors (Lipinski definition) is 3. The summed E-state index contributed by atoms with van der Waals surface area (Å²) in [6.07, 6.45) is 3.95.